The highest BCUT2D eigenvalue weighted by molar-refractivity contribution is 7.13. The lowest BCUT2D eigenvalue weighted by molar-refractivity contribution is 0.597. The molecular weight excluding hydrogens is 268 g/mol. The lowest BCUT2D eigenvalue weighted by atomic mass is 10.1. The number of fused-ring (bicyclic) bond motifs is 2. The average Bonchev–Trinajstić information content (AvgIpc) is 2.98. The van der Waals surface area contributed by atoms with Crippen molar-refractivity contribution in [2.45, 2.75) is 0 Å². The maximum Gasteiger partial charge on any atom is 0.361 e. The van der Waals surface area contributed by atoms with E-state index in [9.17, 15) is 0 Å². The van der Waals surface area contributed by atoms with E-state index < -0.39 is 0 Å². The van der Waals surface area contributed by atoms with Crippen LogP contribution < -0.4 is 5.19 Å². The Morgan fingerprint density at radius 1 is 1.05 bits per heavy atom. The SMILES string of the molecule is C1=Cc2[o+]c3ccccc3c(-c3cccs3)c2[Si]=C1. The van der Waals surface area contributed by atoms with Gasteiger partial charge in [0.25, 0.3) is 0 Å². The Hall–Kier alpha value is -1.84. The number of benzene rings is 1. The van der Waals surface area contributed by atoms with Crippen LogP contribution in [-0.2, 0) is 0 Å². The largest absolute Gasteiger partial charge is 0.361 e. The molecule has 0 fully saturated rings. The van der Waals surface area contributed by atoms with E-state index in [4.69, 9.17) is 4.42 Å². The van der Waals surface area contributed by atoms with Crippen LogP contribution in [0.3, 0.4) is 0 Å². The topological polar surface area (TPSA) is 11.3 Å². The van der Waals surface area contributed by atoms with Gasteiger partial charge in [-0.3, -0.25) is 0 Å². The van der Waals surface area contributed by atoms with Crippen LogP contribution in [0.4, 0.5) is 0 Å². The molecule has 1 radical (unpaired) electrons. The molecule has 1 aliphatic heterocycles. The zero-order valence-electron chi connectivity index (χ0n) is 10.1. The molecule has 0 N–H and O–H groups in total. The van der Waals surface area contributed by atoms with Crippen molar-refractivity contribution in [3.05, 3.63) is 53.6 Å². The minimum atomic E-state index is 0.674. The van der Waals surface area contributed by atoms with Gasteiger partial charge in [-0.2, -0.15) is 0 Å². The van der Waals surface area contributed by atoms with Crippen molar-refractivity contribution in [2.24, 2.45) is 0 Å². The summed E-state index contributed by atoms with van der Waals surface area (Å²) in [5.41, 5.74) is 4.51. The van der Waals surface area contributed by atoms with Gasteiger partial charge >= 0.3 is 11.3 Å². The molecular formula is C16H10OSSi+. The molecule has 2 aromatic heterocycles. The van der Waals surface area contributed by atoms with Gasteiger partial charge in [-0.05, 0) is 17.5 Å². The van der Waals surface area contributed by atoms with Crippen LogP contribution in [0.2, 0.25) is 0 Å². The maximum absolute atomic E-state index is 6.03. The number of rotatable bonds is 1. The quantitative estimate of drug-likeness (QED) is 0.489. The van der Waals surface area contributed by atoms with E-state index in [1.165, 1.54) is 21.0 Å². The molecule has 19 heavy (non-hydrogen) atoms. The van der Waals surface area contributed by atoms with Gasteiger partial charge in [-0.15, -0.1) is 11.3 Å². The molecule has 1 nitrogen and oxygen atoms in total. The summed E-state index contributed by atoms with van der Waals surface area (Å²) in [6.45, 7) is 0. The highest BCUT2D eigenvalue weighted by Crippen LogP contribution is 2.31. The van der Waals surface area contributed by atoms with Crippen LogP contribution in [0, 0.1) is 0 Å². The summed E-state index contributed by atoms with van der Waals surface area (Å²) in [4.78, 5) is 1.32. The molecule has 0 amide bonds. The Labute approximate surface area is 117 Å². The van der Waals surface area contributed by atoms with Crippen LogP contribution in [0.25, 0.3) is 27.5 Å². The van der Waals surface area contributed by atoms with E-state index >= 15 is 0 Å². The number of thiophene rings is 1. The third-order valence-electron chi connectivity index (χ3n) is 3.21. The lowest BCUT2D eigenvalue weighted by Gasteiger charge is -2.05. The smallest absolute Gasteiger partial charge is 0.207 e. The fraction of sp³-hybridized carbons (Fsp3) is 0. The van der Waals surface area contributed by atoms with E-state index in [0.717, 1.165) is 11.3 Å². The Kier molecular flexibility index (Phi) is 2.53. The standard InChI is InChI=1S/C16H10OSSi/c1-2-6-12-11(5-1)15(14-8-3-9-18-14)16-13(17-12)7-4-10-19-16/h1-10H/q+1. The van der Waals surface area contributed by atoms with Crippen molar-refractivity contribution < 1.29 is 4.42 Å². The first-order valence-electron chi connectivity index (χ1n) is 6.12. The fourth-order valence-electron chi connectivity index (χ4n) is 2.39. The van der Waals surface area contributed by atoms with Gasteiger partial charge in [0.2, 0.25) is 0 Å². The van der Waals surface area contributed by atoms with Gasteiger partial charge in [0.05, 0.1) is 19.7 Å². The first-order chi connectivity index (χ1) is 9.43. The number of para-hydroxylation sites is 1. The molecule has 3 aromatic rings. The van der Waals surface area contributed by atoms with Gasteiger partial charge in [-0.1, -0.05) is 29.9 Å². The van der Waals surface area contributed by atoms with Crippen molar-refractivity contribution >= 4 is 48.4 Å². The Bertz CT molecular complexity index is 816. The lowest BCUT2D eigenvalue weighted by Crippen LogP contribution is -2.18. The molecule has 3 heteroatoms. The molecule has 0 unspecified atom stereocenters. The summed E-state index contributed by atoms with van der Waals surface area (Å²) in [7, 11) is 0.674. The molecule has 1 aromatic carbocycles. The van der Waals surface area contributed by atoms with Crippen molar-refractivity contribution in [3.63, 3.8) is 0 Å². The molecule has 0 saturated heterocycles. The van der Waals surface area contributed by atoms with Crippen molar-refractivity contribution in [3.8, 4) is 10.4 Å². The Morgan fingerprint density at radius 2 is 2.00 bits per heavy atom. The monoisotopic (exact) mass is 278 g/mol. The van der Waals surface area contributed by atoms with Crippen LogP contribution in [0.5, 0.6) is 0 Å². The molecule has 0 aliphatic carbocycles. The second-order valence-electron chi connectivity index (χ2n) is 4.36. The van der Waals surface area contributed by atoms with Gasteiger partial charge in [-0.25, -0.2) is 4.42 Å². The minimum Gasteiger partial charge on any atom is -0.207 e. The summed E-state index contributed by atoms with van der Waals surface area (Å²) < 4.78 is 6.03. The van der Waals surface area contributed by atoms with Gasteiger partial charge in [0.1, 0.15) is 0 Å². The molecule has 0 spiro atoms. The number of allylic oxidation sites excluding steroid dienone is 1. The Morgan fingerprint density at radius 3 is 2.89 bits per heavy atom. The van der Waals surface area contributed by atoms with E-state index in [2.05, 4.69) is 47.5 Å². The molecule has 0 saturated carbocycles. The van der Waals surface area contributed by atoms with E-state index in [0.29, 0.717) is 9.13 Å². The molecule has 1 aliphatic rings. The fourth-order valence-corrected chi connectivity index (χ4v) is 4.32. The van der Waals surface area contributed by atoms with E-state index in [1.807, 2.05) is 12.1 Å². The predicted octanol–water partition coefficient (Wildman–Crippen LogP) is 3.60. The van der Waals surface area contributed by atoms with Crippen LogP contribution in [0.1, 0.15) is 5.76 Å². The first kappa shape index (κ1) is 11.0. The van der Waals surface area contributed by atoms with Crippen LogP contribution in [-0.4, -0.2) is 14.8 Å². The number of hydrogen-bond donors (Lipinski definition) is 0. The zero-order valence-corrected chi connectivity index (χ0v) is 11.9. The summed E-state index contributed by atoms with van der Waals surface area (Å²) in [5.74, 6) is 1.00. The molecule has 3 heterocycles. The summed E-state index contributed by atoms with van der Waals surface area (Å²) in [6.07, 6.45) is 4.15. The summed E-state index contributed by atoms with van der Waals surface area (Å²) in [6, 6.07) is 12.6. The summed E-state index contributed by atoms with van der Waals surface area (Å²) in [5, 5.41) is 4.66. The summed E-state index contributed by atoms with van der Waals surface area (Å²) >= 11 is 1.79. The number of hydrogen-bond acceptors (Lipinski definition) is 1. The third-order valence-corrected chi connectivity index (χ3v) is 5.24. The maximum atomic E-state index is 6.03. The van der Waals surface area contributed by atoms with Crippen molar-refractivity contribution in [1.29, 1.82) is 0 Å². The molecule has 4 rings (SSSR count). The van der Waals surface area contributed by atoms with Gasteiger partial charge < -0.3 is 0 Å². The zero-order chi connectivity index (χ0) is 12.7. The van der Waals surface area contributed by atoms with E-state index in [1.54, 1.807) is 11.3 Å². The molecule has 89 valence electrons. The normalized spacial score (nSPS) is 12.8. The van der Waals surface area contributed by atoms with Crippen molar-refractivity contribution in [2.75, 3.05) is 0 Å². The highest BCUT2D eigenvalue weighted by Gasteiger charge is 2.24. The third kappa shape index (κ3) is 1.74. The minimum absolute atomic E-state index is 0.674. The second-order valence-corrected chi connectivity index (χ2v) is 6.43. The predicted molar refractivity (Wildman–Crippen MR) is 84.4 cm³/mol. The van der Waals surface area contributed by atoms with Crippen LogP contribution >= 0.6 is 11.3 Å². The first-order valence-corrected chi connectivity index (χ1v) is 8.08. The second kappa shape index (κ2) is 4.37. The van der Waals surface area contributed by atoms with Gasteiger partial charge in [0, 0.05) is 22.6 Å². The van der Waals surface area contributed by atoms with Crippen molar-refractivity contribution in [1.82, 2.24) is 0 Å². The van der Waals surface area contributed by atoms with Crippen LogP contribution in [0.15, 0.2) is 52.3 Å². The molecule has 0 bridgehead atoms. The van der Waals surface area contributed by atoms with E-state index in [-0.39, 0.29) is 0 Å². The molecule has 0 atom stereocenters. The highest BCUT2D eigenvalue weighted by atomic mass is 32.1. The average molecular weight is 278 g/mol. The Balaban J connectivity index is 2.19. The van der Waals surface area contributed by atoms with Gasteiger partial charge in [0.15, 0.2) is 0 Å².